The van der Waals surface area contributed by atoms with Crippen molar-refractivity contribution in [2.45, 2.75) is 13.0 Å². The lowest BCUT2D eigenvalue weighted by atomic mass is 10.1. The van der Waals surface area contributed by atoms with Crippen molar-refractivity contribution in [2.24, 2.45) is 0 Å². The molecule has 0 saturated heterocycles. The molecule has 80 valence electrons. The lowest BCUT2D eigenvalue weighted by Gasteiger charge is -1.97. The van der Waals surface area contributed by atoms with Gasteiger partial charge in [0, 0.05) is 0 Å². The van der Waals surface area contributed by atoms with Gasteiger partial charge in [0.15, 0.2) is 0 Å². The van der Waals surface area contributed by atoms with Gasteiger partial charge in [-0.05, 0) is 17.2 Å². The highest BCUT2D eigenvalue weighted by atomic mass is 16.5. The van der Waals surface area contributed by atoms with E-state index in [0.717, 1.165) is 11.1 Å². The molecule has 0 atom stereocenters. The molecule has 0 unspecified atom stereocenters. The van der Waals surface area contributed by atoms with E-state index in [1.165, 1.54) is 7.11 Å². The number of benzene rings is 1. The van der Waals surface area contributed by atoms with Crippen molar-refractivity contribution >= 4 is 12.0 Å². The Morgan fingerprint density at radius 3 is 3.00 bits per heavy atom. The minimum Gasteiger partial charge on any atom is -0.469 e. The van der Waals surface area contributed by atoms with Crippen LogP contribution in [0.15, 0.2) is 30.3 Å². The molecule has 1 aromatic carbocycles. The highest BCUT2D eigenvalue weighted by Crippen LogP contribution is 2.07. The van der Waals surface area contributed by atoms with E-state index < -0.39 is 0 Å². The van der Waals surface area contributed by atoms with Crippen molar-refractivity contribution in [2.75, 3.05) is 7.11 Å². The molecule has 0 fully saturated rings. The molecule has 0 aliphatic carbocycles. The number of hydrogen-bond donors (Lipinski definition) is 1. The number of carbonyl (C=O) groups is 1. The van der Waals surface area contributed by atoms with Gasteiger partial charge in [0.1, 0.15) is 0 Å². The topological polar surface area (TPSA) is 46.5 Å². The van der Waals surface area contributed by atoms with Crippen molar-refractivity contribution in [1.29, 1.82) is 0 Å². The average molecular weight is 206 g/mol. The van der Waals surface area contributed by atoms with Crippen molar-refractivity contribution in [3.8, 4) is 0 Å². The van der Waals surface area contributed by atoms with Gasteiger partial charge in [0.2, 0.25) is 0 Å². The van der Waals surface area contributed by atoms with E-state index in [1.807, 2.05) is 30.3 Å². The van der Waals surface area contributed by atoms with Gasteiger partial charge in [0.25, 0.3) is 0 Å². The second-order valence-electron chi connectivity index (χ2n) is 3.09. The van der Waals surface area contributed by atoms with Crippen LogP contribution < -0.4 is 0 Å². The first-order chi connectivity index (χ1) is 7.26. The van der Waals surface area contributed by atoms with Crippen LogP contribution in [0.2, 0.25) is 0 Å². The number of methoxy groups -OCH3 is 1. The Balaban J connectivity index is 2.59. The summed E-state index contributed by atoms with van der Waals surface area (Å²) in [6, 6.07) is 7.49. The summed E-state index contributed by atoms with van der Waals surface area (Å²) in [6.07, 6.45) is 3.83. The standard InChI is InChI=1S/C12H14O3/c1-15-12(14)7-3-5-10-4-2-6-11(8-10)9-13/h2-6,8,13H,7,9H2,1H3. The normalized spacial score (nSPS) is 10.5. The molecule has 0 aliphatic heterocycles. The fraction of sp³-hybridized carbons (Fsp3) is 0.250. The van der Waals surface area contributed by atoms with Crippen molar-refractivity contribution in [3.05, 3.63) is 41.5 Å². The van der Waals surface area contributed by atoms with Crippen LogP contribution in [-0.4, -0.2) is 18.2 Å². The summed E-state index contributed by atoms with van der Waals surface area (Å²) < 4.78 is 4.50. The summed E-state index contributed by atoms with van der Waals surface area (Å²) in [6.45, 7) is 0.0265. The van der Waals surface area contributed by atoms with Crippen LogP contribution in [0.4, 0.5) is 0 Å². The van der Waals surface area contributed by atoms with Crippen LogP contribution in [0.3, 0.4) is 0 Å². The molecule has 0 aliphatic rings. The van der Waals surface area contributed by atoms with E-state index in [4.69, 9.17) is 5.11 Å². The van der Waals surface area contributed by atoms with Gasteiger partial charge < -0.3 is 9.84 Å². The van der Waals surface area contributed by atoms with Crippen LogP contribution in [0.1, 0.15) is 17.5 Å². The molecular weight excluding hydrogens is 192 g/mol. The van der Waals surface area contributed by atoms with Gasteiger partial charge in [-0.3, -0.25) is 4.79 Å². The number of hydrogen-bond acceptors (Lipinski definition) is 3. The Hall–Kier alpha value is -1.61. The van der Waals surface area contributed by atoms with E-state index in [-0.39, 0.29) is 19.0 Å². The first-order valence-corrected chi connectivity index (χ1v) is 4.69. The van der Waals surface area contributed by atoms with Crippen LogP contribution in [0.5, 0.6) is 0 Å². The average Bonchev–Trinajstić information content (AvgIpc) is 2.29. The zero-order chi connectivity index (χ0) is 11.1. The molecule has 0 amide bonds. The minimum absolute atomic E-state index is 0.0265. The second kappa shape index (κ2) is 5.98. The van der Waals surface area contributed by atoms with Crippen LogP contribution in [0.25, 0.3) is 6.08 Å². The Labute approximate surface area is 89.0 Å². The summed E-state index contributed by atoms with van der Waals surface area (Å²) in [5, 5.41) is 8.92. The van der Waals surface area contributed by atoms with Crippen molar-refractivity contribution in [3.63, 3.8) is 0 Å². The van der Waals surface area contributed by atoms with E-state index in [0.29, 0.717) is 0 Å². The second-order valence-corrected chi connectivity index (χ2v) is 3.09. The highest BCUT2D eigenvalue weighted by molar-refractivity contribution is 5.72. The molecule has 1 aromatic rings. The molecule has 15 heavy (non-hydrogen) atoms. The number of aliphatic hydroxyl groups is 1. The van der Waals surface area contributed by atoms with E-state index >= 15 is 0 Å². The van der Waals surface area contributed by atoms with E-state index in [9.17, 15) is 4.79 Å². The van der Waals surface area contributed by atoms with Crippen LogP contribution >= 0.6 is 0 Å². The summed E-state index contributed by atoms with van der Waals surface area (Å²) in [5.41, 5.74) is 1.82. The van der Waals surface area contributed by atoms with E-state index in [1.54, 1.807) is 6.08 Å². The third-order valence-corrected chi connectivity index (χ3v) is 1.96. The number of aliphatic hydroxyl groups excluding tert-OH is 1. The van der Waals surface area contributed by atoms with Crippen LogP contribution in [0, 0.1) is 0 Å². The van der Waals surface area contributed by atoms with Gasteiger partial charge in [0.05, 0.1) is 20.1 Å². The molecule has 0 aromatic heterocycles. The molecule has 0 heterocycles. The Kier molecular flexibility index (Phi) is 4.57. The Morgan fingerprint density at radius 2 is 2.33 bits per heavy atom. The highest BCUT2D eigenvalue weighted by Gasteiger charge is 1.95. The van der Waals surface area contributed by atoms with Gasteiger partial charge in [-0.25, -0.2) is 0 Å². The predicted octanol–water partition coefficient (Wildman–Crippen LogP) is 1.76. The number of rotatable bonds is 4. The lowest BCUT2D eigenvalue weighted by molar-refractivity contribution is -0.139. The zero-order valence-electron chi connectivity index (χ0n) is 8.64. The first kappa shape index (κ1) is 11.5. The molecule has 0 radical (unpaired) electrons. The molecule has 1 N–H and O–H groups in total. The maximum Gasteiger partial charge on any atom is 0.309 e. The van der Waals surface area contributed by atoms with Gasteiger partial charge in [-0.1, -0.05) is 30.4 Å². The maximum atomic E-state index is 10.8. The number of carbonyl (C=O) groups excluding carboxylic acids is 1. The van der Waals surface area contributed by atoms with Crippen LogP contribution in [-0.2, 0) is 16.1 Å². The lowest BCUT2D eigenvalue weighted by Crippen LogP contribution is -1.96. The number of ether oxygens (including phenoxy) is 1. The number of esters is 1. The van der Waals surface area contributed by atoms with Crippen molar-refractivity contribution < 1.29 is 14.6 Å². The monoisotopic (exact) mass is 206 g/mol. The smallest absolute Gasteiger partial charge is 0.309 e. The van der Waals surface area contributed by atoms with Gasteiger partial charge in [-0.2, -0.15) is 0 Å². The third-order valence-electron chi connectivity index (χ3n) is 1.96. The molecule has 0 spiro atoms. The molecule has 0 bridgehead atoms. The van der Waals surface area contributed by atoms with Gasteiger partial charge in [-0.15, -0.1) is 0 Å². The SMILES string of the molecule is COC(=O)CC=Cc1cccc(CO)c1. The molecule has 3 heteroatoms. The maximum absolute atomic E-state index is 10.8. The summed E-state index contributed by atoms with van der Waals surface area (Å²) >= 11 is 0. The third kappa shape index (κ3) is 3.95. The fourth-order valence-electron chi connectivity index (χ4n) is 1.17. The quantitative estimate of drug-likeness (QED) is 0.763. The predicted molar refractivity (Wildman–Crippen MR) is 58.0 cm³/mol. The van der Waals surface area contributed by atoms with Crippen molar-refractivity contribution in [1.82, 2.24) is 0 Å². The largest absolute Gasteiger partial charge is 0.469 e. The first-order valence-electron chi connectivity index (χ1n) is 4.69. The summed E-state index contributed by atoms with van der Waals surface area (Å²) in [4.78, 5) is 10.8. The molecular formula is C12H14O3. The Morgan fingerprint density at radius 1 is 1.53 bits per heavy atom. The van der Waals surface area contributed by atoms with Gasteiger partial charge >= 0.3 is 5.97 Å². The van der Waals surface area contributed by atoms with E-state index in [2.05, 4.69) is 4.74 Å². The molecule has 0 saturated carbocycles. The Bertz CT molecular complexity index is 356. The molecule has 3 nitrogen and oxygen atoms in total. The molecule has 1 rings (SSSR count). The zero-order valence-corrected chi connectivity index (χ0v) is 8.64. The minimum atomic E-state index is -0.260. The summed E-state index contributed by atoms with van der Waals surface area (Å²) in [7, 11) is 1.36. The summed E-state index contributed by atoms with van der Waals surface area (Å²) in [5.74, 6) is -0.260. The fourth-order valence-corrected chi connectivity index (χ4v) is 1.17.